The van der Waals surface area contributed by atoms with Crippen LogP contribution in [0.25, 0.3) is 0 Å². The molecule has 0 saturated carbocycles. The van der Waals surface area contributed by atoms with Crippen LogP contribution in [-0.4, -0.2) is 45.3 Å². The molecule has 0 bridgehead atoms. The summed E-state index contributed by atoms with van der Waals surface area (Å²) >= 11 is 0. The van der Waals surface area contributed by atoms with E-state index in [1.54, 1.807) is 14.2 Å². The number of hydrogen-bond donors (Lipinski definition) is 1. The predicted molar refractivity (Wildman–Crippen MR) is 132 cm³/mol. The van der Waals surface area contributed by atoms with E-state index in [0.717, 1.165) is 43.7 Å². The molecular weight excluding hydrogens is 412 g/mol. The number of nitrogens with zero attached hydrogens (tertiary/aromatic N) is 1. The van der Waals surface area contributed by atoms with E-state index < -0.39 is 0 Å². The van der Waals surface area contributed by atoms with E-state index in [0.29, 0.717) is 23.9 Å². The van der Waals surface area contributed by atoms with Crippen molar-refractivity contribution in [3.63, 3.8) is 0 Å². The highest BCUT2D eigenvalue weighted by molar-refractivity contribution is 5.56. The summed E-state index contributed by atoms with van der Waals surface area (Å²) < 4.78 is 17.8. The summed E-state index contributed by atoms with van der Waals surface area (Å²) in [5.74, 6) is 2.01. The molecule has 1 heterocycles. The van der Waals surface area contributed by atoms with Gasteiger partial charge in [-0.05, 0) is 54.3 Å². The fraction of sp³-hybridized carbons (Fsp3) is 0.357. The Balaban J connectivity index is 1.74. The molecule has 5 nitrogen and oxygen atoms in total. The van der Waals surface area contributed by atoms with Crippen LogP contribution in [-0.2, 0) is 6.61 Å². The van der Waals surface area contributed by atoms with Gasteiger partial charge in [0.05, 0.1) is 20.3 Å². The average Bonchev–Trinajstić information content (AvgIpc) is 3.14. The topological polar surface area (TPSA) is 43.0 Å². The quantitative estimate of drug-likeness (QED) is 0.529. The predicted octanol–water partition coefficient (Wildman–Crippen LogP) is 4.98. The molecule has 0 radical (unpaired) electrons. The highest BCUT2D eigenvalue weighted by Gasteiger charge is 2.27. The summed E-state index contributed by atoms with van der Waals surface area (Å²) in [7, 11) is 3.37. The van der Waals surface area contributed by atoms with E-state index in [1.165, 1.54) is 11.1 Å². The fourth-order valence-electron chi connectivity index (χ4n) is 4.54. The third-order valence-corrected chi connectivity index (χ3v) is 6.25. The molecule has 1 fully saturated rings. The molecule has 0 spiro atoms. The molecule has 1 aliphatic rings. The van der Waals surface area contributed by atoms with Crippen molar-refractivity contribution in [2.75, 3.05) is 40.4 Å². The maximum atomic E-state index is 6.19. The monoisotopic (exact) mass is 446 g/mol. The van der Waals surface area contributed by atoms with Gasteiger partial charge in [0.15, 0.2) is 11.5 Å². The van der Waals surface area contributed by atoms with Gasteiger partial charge in [0, 0.05) is 19.6 Å². The van der Waals surface area contributed by atoms with Gasteiger partial charge < -0.3 is 19.5 Å². The van der Waals surface area contributed by atoms with Crippen molar-refractivity contribution in [1.82, 2.24) is 10.2 Å². The molecule has 3 aromatic carbocycles. The molecule has 1 atom stereocenters. The molecule has 5 heteroatoms. The van der Waals surface area contributed by atoms with Crippen LogP contribution in [0.1, 0.15) is 34.7 Å². The van der Waals surface area contributed by atoms with Gasteiger partial charge in [0.25, 0.3) is 0 Å². The maximum Gasteiger partial charge on any atom is 0.203 e. The molecular formula is C28H34N2O3. The fourth-order valence-corrected chi connectivity index (χ4v) is 4.54. The smallest absolute Gasteiger partial charge is 0.203 e. The van der Waals surface area contributed by atoms with E-state index >= 15 is 0 Å². The van der Waals surface area contributed by atoms with Crippen LogP contribution in [0.4, 0.5) is 0 Å². The zero-order chi connectivity index (χ0) is 23.0. The zero-order valence-corrected chi connectivity index (χ0v) is 19.8. The Morgan fingerprint density at radius 2 is 1.58 bits per heavy atom. The van der Waals surface area contributed by atoms with Crippen molar-refractivity contribution < 1.29 is 14.2 Å². The van der Waals surface area contributed by atoms with Gasteiger partial charge in [-0.25, -0.2) is 0 Å². The molecule has 3 aromatic rings. The molecule has 4 rings (SSSR count). The Hall–Kier alpha value is -3.02. The lowest BCUT2D eigenvalue weighted by Crippen LogP contribution is -2.33. The molecule has 1 saturated heterocycles. The van der Waals surface area contributed by atoms with Crippen molar-refractivity contribution >= 4 is 0 Å². The number of rotatable bonds is 8. The summed E-state index contributed by atoms with van der Waals surface area (Å²) in [6, 6.07) is 23.1. The lowest BCUT2D eigenvalue weighted by molar-refractivity contribution is 0.237. The summed E-state index contributed by atoms with van der Waals surface area (Å²) in [5.41, 5.74) is 4.83. The van der Waals surface area contributed by atoms with Gasteiger partial charge in [-0.1, -0.05) is 54.6 Å². The molecule has 1 N–H and O–H groups in total. The van der Waals surface area contributed by atoms with E-state index in [1.807, 2.05) is 18.2 Å². The lowest BCUT2D eigenvalue weighted by atomic mass is 9.92. The van der Waals surface area contributed by atoms with Gasteiger partial charge in [-0.2, -0.15) is 0 Å². The maximum absolute atomic E-state index is 6.19. The highest BCUT2D eigenvalue weighted by atomic mass is 16.5. The summed E-state index contributed by atoms with van der Waals surface area (Å²) in [6.45, 7) is 6.68. The molecule has 174 valence electrons. The Kier molecular flexibility index (Phi) is 7.87. The van der Waals surface area contributed by atoms with Gasteiger partial charge in [0.1, 0.15) is 6.61 Å². The van der Waals surface area contributed by atoms with Gasteiger partial charge >= 0.3 is 0 Å². The minimum absolute atomic E-state index is 0.108. The summed E-state index contributed by atoms with van der Waals surface area (Å²) in [6.07, 6.45) is 1.12. The minimum Gasteiger partial charge on any atom is -0.493 e. The van der Waals surface area contributed by atoms with E-state index in [2.05, 4.69) is 65.7 Å². The van der Waals surface area contributed by atoms with Gasteiger partial charge in [0.2, 0.25) is 5.75 Å². The van der Waals surface area contributed by atoms with Crippen LogP contribution in [0.3, 0.4) is 0 Å². The first-order valence-electron chi connectivity index (χ1n) is 11.6. The standard InChI is InChI=1S/C28H34N2O3/c1-21-10-7-8-13-24(21)27(30-16-9-14-29-15-17-30)23-18-25(31-2)28(26(19-23)32-3)33-20-22-11-5-4-6-12-22/h4-8,10-13,18-19,27,29H,9,14-17,20H2,1-3H3. The van der Waals surface area contributed by atoms with Crippen molar-refractivity contribution in [2.24, 2.45) is 0 Å². The molecule has 0 aromatic heterocycles. The van der Waals surface area contributed by atoms with Crippen molar-refractivity contribution in [1.29, 1.82) is 0 Å². The minimum atomic E-state index is 0.108. The summed E-state index contributed by atoms with van der Waals surface area (Å²) in [4.78, 5) is 2.56. The van der Waals surface area contributed by atoms with Crippen LogP contribution >= 0.6 is 0 Å². The second kappa shape index (κ2) is 11.2. The van der Waals surface area contributed by atoms with Crippen LogP contribution in [0, 0.1) is 6.92 Å². The Labute approximate surface area is 197 Å². The van der Waals surface area contributed by atoms with E-state index in [4.69, 9.17) is 14.2 Å². The Bertz CT molecular complexity index is 1010. The summed E-state index contributed by atoms with van der Waals surface area (Å²) in [5, 5.41) is 3.53. The molecule has 33 heavy (non-hydrogen) atoms. The first-order valence-corrected chi connectivity index (χ1v) is 11.6. The molecule has 0 amide bonds. The zero-order valence-electron chi connectivity index (χ0n) is 19.8. The van der Waals surface area contributed by atoms with E-state index in [-0.39, 0.29) is 6.04 Å². The van der Waals surface area contributed by atoms with Crippen molar-refractivity contribution in [3.8, 4) is 17.2 Å². The highest BCUT2D eigenvalue weighted by Crippen LogP contribution is 2.43. The first-order chi connectivity index (χ1) is 16.2. The van der Waals surface area contributed by atoms with Gasteiger partial charge in [-0.15, -0.1) is 0 Å². The van der Waals surface area contributed by atoms with Gasteiger partial charge in [-0.3, -0.25) is 4.90 Å². The number of nitrogens with one attached hydrogen (secondary N) is 1. The van der Waals surface area contributed by atoms with Crippen LogP contribution in [0.5, 0.6) is 17.2 Å². The number of benzene rings is 3. The molecule has 1 unspecified atom stereocenters. The van der Waals surface area contributed by atoms with Crippen molar-refractivity contribution in [3.05, 3.63) is 89.0 Å². The second-order valence-corrected chi connectivity index (χ2v) is 8.43. The molecule has 0 aliphatic carbocycles. The molecule has 1 aliphatic heterocycles. The second-order valence-electron chi connectivity index (χ2n) is 8.43. The van der Waals surface area contributed by atoms with Crippen LogP contribution < -0.4 is 19.5 Å². The van der Waals surface area contributed by atoms with Crippen molar-refractivity contribution in [2.45, 2.75) is 26.0 Å². The average molecular weight is 447 g/mol. The normalized spacial score (nSPS) is 15.5. The number of hydrogen-bond acceptors (Lipinski definition) is 5. The Morgan fingerprint density at radius 1 is 0.879 bits per heavy atom. The SMILES string of the molecule is COc1cc(C(c2ccccc2C)N2CCCNCC2)cc(OC)c1OCc1ccccc1. The first kappa shape index (κ1) is 23.1. The number of aryl methyl sites for hydroxylation is 1. The largest absolute Gasteiger partial charge is 0.493 e. The number of ether oxygens (including phenoxy) is 3. The number of methoxy groups -OCH3 is 2. The Morgan fingerprint density at radius 3 is 2.27 bits per heavy atom. The van der Waals surface area contributed by atoms with Crippen LogP contribution in [0.15, 0.2) is 66.7 Å². The van der Waals surface area contributed by atoms with Crippen LogP contribution in [0.2, 0.25) is 0 Å². The lowest BCUT2D eigenvalue weighted by Gasteiger charge is -2.33. The third kappa shape index (κ3) is 5.49. The third-order valence-electron chi connectivity index (χ3n) is 6.25. The van der Waals surface area contributed by atoms with E-state index in [9.17, 15) is 0 Å².